The molecule has 2 aromatic carbocycles. The van der Waals surface area contributed by atoms with Gasteiger partial charge in [-0.05, 0) is 68.0 Å². The van der Waals surface area contributed by atoms with Crippen molar-refractivity contribution in [3.8, 4) is 11.5 Å². The second kappa shape index (κ2) is 10.3. The van der Waals surface area contributed by atoms with Gasteiger partial charge in [-0.1, -0.05) is 24.6 Å². The number of nitrogens with zero attached hydrogens (tertiary/aromatic N) is 2. The van der Waals surface area contributed by atoms with Crippen LogP contribution in [0.15, 0.2) is 48.5 Å². The van der Waals surface area contributed by atoms with Gasteiger partial charge in [0.1, 0.15) is 18.1 Å². The zero-order chi connectivity index (χ0) is 23.3. The minimum Gasteiger partial charge on any atom is -0.497 e. The number of likely N-dealkylation sites (N-methyl/N-ethyl adjacent to an activating group) is 1. The molecule has 0 aromatic heterocycles. The Balaban J connectivity index is 1.44. The smallest absolute Gasteiger partial charge is 0.253 e. The molecule has 0 atom stereocenters. The molecule has 0 unspecified atom stereocenters. The molecule has 6 nitrogen and oxygen atoms in total. The number of methoxy groups -OCH3 is 1. The Labute approximate surface area is 196 Å². The van der Waals surface area contributed by atoms with Gasteiger partial charge in [-0.3, -0.25) is 9.59 Å². The molecule has 33 heavy (non-hydrogen) atoms. The van der Waals surface area contributed by atoms with Crippen LogP contribution < -0.4 is 9.47 Å². The third kappa shape index (κ3) is 5.15. The summed E-state index contributed by atoms with van der Waals surface area (Å²) < 4.78 is 11.2. The first-order valence-corrected chi connectivity index (χ1v) is 11.9. The predicted molar refractivity (Wildman–Crippen MR) is 128 cm³/mol. The molecule has 0 radical (unpaired) electrons. The highest BCUT2D eigenvalue weighted by atomic mass is 16.5. The van der Waals surface area contributed by atoms with Gasteiger partial charge >= 0.3 is 0 Å². The third-order valence-electron chi connectivity index (χ3n) is 7.15. The van der Waals surface area contributed by atoms with E-state index in [2.05, 4.69) is 12.1 Å². The fourth-order valence-corrected chi connectivity index (χ4v) is 5.05. The number of benzene rings is 2. The number of hydrogen-bond acceptors (Lipinski definition) is 4. The minimum absolute atomic E-state index is 0.0199. The van der Waals surface area contributed by atoms with E-state index >= 15 is 0 Å². The maximum absolute atomic E-state index is 13.6. The van der Waals surface area contributed by atoms with E-state index in [0.29, 0.717) is 44.6 Å². The molecule has 1 fully saturated rings. The van der Waals surface area contributed by atoms with Gasteiger partial charge in [0.05, 0.1) is 19.1 Å². The average molecular weight is 451 g/mol. The number of hydrogen-bond donors (Lipinski definition) is 0. The zero-order valence-electron chi connectivity index (χ0n) is 19.7. The van der Waals surface area contributed by atoms with Crippen molar-refractivity contribution in [2.45, 2.75) is 38.5 Å². The van der Waals surface area contributed by atoms with Crippen molar-refractivity contribution >= 4 is 11.8 Å². The monoisotopic (exact) mass is 450 g/mol. The largest absolute Gasteiger partial charge is 0.497 e. The number of fused-ring (bicyclic) bond motifs is 1. The van der Waals surface area contributed by atoms with E-state index in [4.69, 9.17) is 9.47 Å². The average Bonchev–Trinajstić information content (AvgIpc) is 2.86. The molecule has 2 aliphatic heterocycles. The van der Waals surface area contributed by atoms with E-state index in [0.717, 1.165) is 37.2 Å². The first kappa shape index (κ1) is 23.1. The number of carbonyl (C=O) groups excluding carboxylic acids is 2. The maximum Gasteiger partial charge on any atom is 0.253 e. The molecule has 2 aliphatic rings. The van der Waals surface area contributed by atoms with Gasteiger partial charge in [0.2, 0.25) is 5.91 Å². The first-order chi connectivity index (χ1) is 16.0. The van der Waals surface area contributed by atoms with Crippen LogP contribution in [0.2, 0.25) is 0 Å². The minimum atomic E-state index is -0.399. The SMILES string of the molecule is COc1ccc(C(=O)N2CCC3(CCCCc4ccccc4OCCN(C)C3=O)CC2)cc1. The van der Waals surface area contributed by atoms with Crippen LogP contribution >= 0.6 is 0 Å². The molecule has 0 bridgehead atoms. The Hall–Kier alpha value is -3.02. The number of likely N-dealkylation sites (tertiary alicyclic amines) is 1. The molecule has 0 saturated carbocycles. The molecular weight excluding hydrogens is 416 g/mol. The Kier molecular flexibility index (Phi) is 7.21. The summed E-state index contributed by atoms with van der Waals surface area (Å²) in [5.41, 5.74) is 1.50. The van der Waals surface area contributed by atoms with Crippen LogP contribution in [0.25, 0.3) is 0 Å². The molecule has 1 spiro atoms. The highest BCUT2D eigenvalue weighted by molar-refractivity contribution is 5.94. The van der Waals surface area contributed by atoms with Gasteiger partial charge in [0.25, 0.3) is 5.91 Å². The van der Waals surface area contributed by atoms with E-state index in [1.165, 1.54) is 5.56 Å². The Morgan fingerprint density at radius 2 is 1.70 bits per heavy atom. The van der Waals surface area contributed by atoms with Crippen molar-refractivity contribution in [2.75, 3.05) is 40.4 Å². The van der Waals surface area contributed by atoms with E-state index in [1.54, 1.807) is 19.2 Å². The van der Waals surface area contributed by atoms with Crippen LogP contribution in [0.1, 0.15) is 48.0 Å². The van der Waals surface area contributed by atoms with Gasteiger partial charge in [-0.25, -0.2) is 0 Å². The van der Waals surface area contributed by atoms with Gasteiger partial charge < -0.3 is 19.3 Å². The summed E-state index contributed by atoms with van der Waals surface area (Å²) in [5.74, 6) is 1.87. The van der Waals surface area contributed by atoms with Crippen LogP contribution in [0, 0.1) is 5.41 Å². The number of para-hydroxylation sites is 1. The molecule has 1 saturated heterocycles. The molecule has 176 valence electrons. The summed E-state index contributed by atoms with van der Waals surface area (Å²) in [4.78, 5) is 30.3. The highest BCUT2D eigenvalue weighted by Crippen LogP contribution is 2.39. The summed E-state index contributed by atoms with van der Waals surface area (Å²) in [6, 6.07) is 15.4. The lowest BCUT2D eigenvalue weighted by molar-refractivity contribution is -0.144. The Morgan fingerprint density at radius 1 is 0.970 bits per heavy atom. The molecular formula is C27H34N2O4. The summed E-state index contributed by atoms with van der Waals surface area (Å²) in [6.07, 6.45) is 5.24. The lowest BCUT2D eigenvalue weighted by Gasteiger charge is -2.43. The van der Waals surface area contributed by atoms with Crippen molar-refractivity contribution < 1.29 is 19.1 Å². The van der Waals surface area contributed by atoms with E-state index in [9.17, 15) is 9.59 Å². The molecule has 2 aromatic rings. The second-order valence-electron chi connectivity index (χ2n) is 9.19. The van der Waals surface area contributed by atoms with Crippen LogP contribution in [-0.2, 0) is 11.2 Å². The summed E-state index contributed by atoms with van der Waals surface area (Å²) in [6.45, 7) is 2.24. The third-order valence-corrected chi connectivity index (χ3v) is 7.15. The van der Waals surface area contributed by atoms with E-state index < -0.39 is 5.41 Å². The first-order valence-electron chi connectivity index (χ1n) is 11.9. The van der Waals surface area contributed by atoms with Gasteiger partial charge in [0.15, 0.2) is 0 Å². The number of ether oxygens (including phenoxy) is 2. The Morgan fingerprint density at radius 3 is 2.42 bits per heavy atom. The van der Waals surface area contributed by atoms with Crippen molar-refractivity contribution in [2.24, 2.45) is 5.41 Å². The van der Waals surface area contributed by atoms with Gasteiger partial charge in [0, 0.05) is 25.7 Å². The predicted octanol–water partition coefficient (Wildman–Crippen LogP) is 4.18. The molecule has 2 heterocycles. The normalized spacial score (nSPS) is 19.2. The number of rotatable bonds is 2. The number of piperidine rings is 1. The quantitative estimate of drug-likeness (QED) is 0.689. The molecule has 0 N–H and O–H groups in total. The lowest BCUT2D eigenvalue weighted by Crippen LogP contribution is -2.51. The zero-order valence-corrected chi connectivity index (χ0v) is 19.7. The molecule has 0 aliphatic carbocycles. The number of amides is 2. The Bertz CT molecular complexity index is 964. The standard InChI is InChI=1S/C27H34N2O4/c1-28-19-20-33-24-9-4-3-7-21(24)8-5-6-14-27(26(28)31)15-17-29(18-16-27)25(30)22-10-12-23(32-2)13-11-22/h3-4,7,9-13H,5-6,8,14-20H2,1-2H3. The van der Waals surface area contributed by atoms with Crippen LogP contribution in [-0.4, -0.2) is 62.0 Å². The summed E-state index contributed by atoms with van der Waals surface area (Å²) >= 11 is 0. The summed E-state index contributed by atoms with van der Waals surface area (Å²) in [5, 5.41) is 0. The van der Waals surface area contributed by atoms with E-state index in [1.807, 2.05) is 41.1 Å². The van der Waals surface area contributed by atoms with Crippen LogP contribution in [0.3, 0.4) is 0 Å². The van der Waals surface area contributed by atoms with E-state index in [-0.39, 0.29) is 11.8 Å². The highest BCUT2D eigenvalue weighted by Gasteiger charge is 2.43. The van der Waals surface area contributed by atoms with Crippen molar-refractivity contribution in [3.05, 3.63) is 59.7 Å². The van der Waals surface area contributed by atoms with Crippen molar-refractivity contribution in [1.29, 1.82) is 0 Å². The second-order valence-corrected chi connectivity index (χ2v) is 9.19. The fourth-order valence-electron chi connectivity index (χ4n) is 5.05. The molecule has 2 amide bonds. The summed E-state index contributed by atoms with van der Waals surface area (Å²) in [7, 11) is 3.49. The van der Waals surface area contributed by atoms with Gasteiger partial charge in [-0.2, -0.15) is 0 Å². The number of carbonyl (C=O) groups is 2. The van der Waals surface area contributed by atoms with Crippen molar-refractivity contribution in [1.82, 2.24) is 9.80 Å². The van der Waals surface area contributed by atoms with Crippen LogP contribution in [0.5, 0.6) is 11.5 Å². The van der Waals surface area contributed by atoms with Gasteiger partial charge in [-0.15, -0.1) is 0 Å². The molecule has 4 rings (SSSR count). The lowest BCUT2D eigenvalue weighted by atomic mass is 9.73. The fraction of sp³-hybridized carbons (Fsp3) is 0.481. The van der Waals surface area contributed by atoms with Crippen LogP contribution in [0.4, 0.5) is 0 Å². The maximum atomic E-state index is 13.6. The van der Waals surface area contributed by atoms with Crippen molar-refractivity contribution in [3.63, 3.8) is 0 Å². The topological polar surface area (TPSA) is 59.1 Å². The number of aryl methyl sites for hydroxylation is 1. The molecule has 6 heteroatoms.